The van der Waals surface area contributed by atoms with Crippen LogP contribution in [0.2, 0.25) is 0 Å². The zero-order chi connectivity index (χ0) is 26.0. The average Bonchev–Trinajstić information content (AvgIpc) is 3.18. The predicted molar refractivity (Wildman–Crippen MR) is 129 cm³/mol. The topological polar surface area (TPSA) is 34.1 Å². The van der Waals surface area contributed by atoms with E-state index >= 15 is 0 Å². The first kappa shape index (κ1) is 27.5. The molecule has 2 nitrogen and oxygen atoms in total. The molecule has 0 bridgehead atoms. The summed E-state index contributed by atoms with van der Waals surface area (Å²) in [6.07, 6.45) is -7.90. The highest BCUT2D eigenvalue weighted by Crippen LogP contribution is 2.55. The molecule has 0 saturated carbocycles. The van der Waals surface area contributed by atoms with Crippen LogP contribution in [0.15, 0.2) is 69.3 Å². The molecule has 0 radical (unpaired) electrons. The van der Waals surface area contributed by atoms with E-state index in [1.54, 1.807) is 0 Å². The van der Waals surface area contributed by atoms with Gasteiger partial charge in [0.15, 0.2) is 11.6 Å². The molecule has 0 amide bonds. The second kappa shape index (κ2) is 10.9. The fourth-order valence-corrected chi connectivity index (χ4v) is 7.01. The SMILES string of the molecule is CC(C)CSC1=C(C(=O)c2ccc(C(F)(F)F)cc2)/C(=C/C(=O)c2ccc(C(F)(F)F)cc2)SS1. The van der Waals surface area contributed by atoms with Gasteiger partial charge >= 0.3 is 12.4 Å². The van der Waals surface area contributed by atoms with Gasteiger partial charge in [0.1, 0.15) is 0 Å². The zero-order valence-corrected chi connectivity index (χ0v) is 20.7. The third kappa shape index (κ3) is 6.98. The largest absolute Gasteiger partial charge is 0.416 e. The van der Waals surface area contributed by atoms with Crippen molar-refractivity contribution in [3.63, 3.8) is 0 Å². The lowest BCUT2D eigenvalue weighted by Gasteiger charge is -2.10. The van der Waals surface area contributed by atoms with Crippen molar-refractivity contribution in [1.82, 2.24) is 0 Å². The lowest BCUT2D eigenvalue weighted by Crippen LogP contribution is -2.09. The van der Waals surface area contributed by atoms with Crippen molar-refractivity contribution in [2.24, 2.45) is 5.92 Å². The lowest BCUT2D eigenvalue weighted by molar-refractivity contribution is -0.138. The van der Waals surface area contributed by atoms with Gasteiger partial charge in [-0.3, -0.25) is 9.59 Å². The number of rotatable bonds is 7. The van der Waals surface area contributed by atoms with Gasteiger partial charge in [0, 0.05) is 27.9 Å². The van der Waals surface area contributed by atoms with Crippen LogP contribution in [-0.4, -0.2) is 17.3 Å². The van der Waals surface area contributed by atoms with E-state index in [4.69, 9.17) is 0 Å². The summed E-state index contributed by atoms with van der Waals surface area (Å²) < 4.78 is 77.7. The smallest absolute Gasteiger partial charge is 0.289 e. The molecule has 0 atom stereocenters. The Morgan fingerprint density at radius 1 is 0.829 bits per heavy atom. The van der Waals surface area contributed by atoms with Crippen molar-refractivity contribution in [3.8, 4) is 0 Å². The van der Waals surface area contributed by atoms with Gasteiger partial charge in [-0.05, 0) is 41.0 Å². The monoisotopic (exact) mass is 548 g/mol. The Bertz CT molecular complexity index is 1160. The van der Waals surface area contributed by atoms with Gasteiger partial charge in [0.25, 0.3) is 0 Å². The third-order valence-corrected chi connectivity index (χ3v) is 9.11. The highest BCUT2D eigenvalue weighted by Gasteiger charge is 2.33. The van der Waals surface area contributed by atoms with E-state index in [1.165, 1.54) is 28.6 Å². The van der Waals surface area contributed by atoms with Crippen molar-refractivity contribution < 1.29 is 35.9 Å². The number of carbonyl (C=O) groups excluding carboxylic acids is 2. The molecule has 186 valence electrons. The molecule has 0 saturated heterocycles. The minimum atomic E-state index is -4.54. The molecule has 0 spiro atoms. The summed E-state index contributed by atoms with van der Waals surface area (Å²) in [4.78, 5) is 26.3. The molecule has 35 heavy (non-hydrogen) atoms. The Labute approximate surface area is 210 Å². The second-order valence-electron chi connectivity index (χ2n) is 7.89. The van der Waals surface area contributed by atoms with E-state index in [2.05, 4.69) is 0 Å². The van der Waals surface area contributed by atoms with Crippen LogP contribution in [0.3, 0.4) is 0 Å². The number of thioether (sulfide) groups is 1. The van der Waals surface area contributed by atoms with E-state index in [9.17, 15) is 35.9 Å². The Morgan fingerprint density at radius 3 is 1.77 bits per heavy atom. The van der Waals surface area contributed by atoms with E-state index < -0.39 is 35.0 Å². The number of hydrogen-bond acceptors (Lipinski definition) is 5. The van der Waals surface area contributed by atoms with Gasteiger partial charge in [-0.15, -0.1) is 11.8 Å². The Kier molecular flexibility index (Phi) is 8.54. The Balaban J connectivity index is 1.95. The van der Waals surface area contributed by atoms with Crippen LogP contribution in [0.4, 0.5) is 26.3 Å². The van der Waals surface area contributed by atoms with Crippen LogP contribution in [-0.2, 0) is 12.4 Å². The zero-order valence-electron chi connectivity index (χ0n) is 18.3. The van der Waals surface area contributed by atoms with Gasteiger partial charge in [-0.25, -0.2) is 0 Å². The highest BCUT2D eigenvalue weighted by molar-refractivity contribution is 8.82. The summed E-state index contributed by atoms with van der Waals surface area (Å²) in [7, 11) is 2.42. The van der Waals surface area contributed by atoms with Crippen molar-refractivity contribution in [3.05, 3.63) is 91.6 Å². The molecule has 1 aliphatic heterocycles. The van der Waals surface area contributed by atoms with Crippen LogP contribution < -0.4 is 0 Å². The standard InChI is InChI=1S/C24H18F6O2S3/c1-13(2)12-33-22-20(21(32)15-5-9-17(10-6-15)24(28,29)30)19(34-35-22)11-18(31)14-3-7-16(8-4-14)23(25,26)27/h3-11,13H,12H2,1-2H3/b19-11-. The van der Waals surface area contributed by atoms with Gasteiger partial charge < -0.3 is 0 Å². The fourth-order valence-electron chi connectivity index (χ4n) is 2.89. The Hall–Kier alpha value is -2.11. The van der Waals surface area contributed by atoms with Crippen LogP contribution in [0, 0.1) is 5.92 Å². The number of alkyl halides is 6. The van der Waals surface area contributed by atoms with Gasteiger partial charge in [-0.2, -0.15) is 26.3 Å². The van der Waals surface area contributed by atoms with Crippen molar-refractivity contribution >= 4 is 44.9 Å². The van der Waals surface area contributed by atoms with Crippen molar-refractivity contribution in [2.45, 2.75) is 26.2 Å². The first-order valence-corrected chi connectivity index (χ1v) is 13.3. The molecule has 0 aromatic heterocycles. The maximum atomic E-state index is 13.3. The van der Waals surface area contributed by atoms with E-state index in [-0.39, 0.29) is 16.7 Å². The minimum Gasteiger partial charge on any atom is -0.289 e. The summed E-state index contributed by atoms with van der Waals surface area (Å²) in [6, 6.07) is 7.54. The van der Waals surface area contributed by atoms with E-state index in [1.807, 2.05) is 13.8 Å². The number of halogens is 6. The minimum absolute atomic E-state index is 0.0145. The van der Waals surface area contributed by atoms with Crippen LogP contribution >= 0.6 is 33.3 Å². The lowest BCUT2D eigenvalue weighted by atomic mass is 10.0. The third-order valence-electron chi connectivity index (χ3n) is 4.67. The second-order valence-corrected chi connectivity index (χ2v) is 11.4. The number of carbonyl (C=O) groups is 2. The summed E-state index contributed by atoms with van der Waals surface area (Å²) >= 11 is 1.41. The molecule has 0 fully saturated rings. The van der Waals surface area contributed by atoms with Crippen LogP contribution in [0.1, 0.15) is 45.7 Å². The van der Waals surface area contributed by atoms with Crippen molar-refractivity contribution in [1.29, 1.82) is 0 Å². The number of ketones is 2. The number of allylic oxidation sites excluding steroid dienone is 2. The van der Waals surface area contributed by atoms with Crippen molar-refractivity contribution in [2.75, 3.05) is 5.75 Å². The molecule has 0 aliphatic carbocycles. The molecule has 11 heteroatoms. The van der Waals surface area contributed by atoms with E-state index in [0.29, 0.717) is 20.8 Å². The van der Waals surface area contributed by atoms with Crippen LogP contribution in [0.25, 0.3) is 0 Å². The molecule has 1 aliphatic rings. The summed E-state index contributed by atoms with van der Waals surface area (Å²) in [5.74, 6) is -0.154. The van der Waals surface area contributed by atoms with Gasteiger partial charge in [0.05, 0.1) is 20.9 Å². The number of benzene rings is 2. The molecular weight excluding hydrogens is 530 g/mol. The molecule has 0 N–H and O–H groups in total. The van der Waals surface area contributed by atoms with Gasteiger partial charge in [0.2, 0.25) is 0 Å². The summed E-state index contributed by atoms with van der Waals surface area (Å²) in [6.45, 7) is 3.98. The number of hydrogen-bond donors (Lipinski definition) is 0. The Morgan fingerprint density at radius 2 is 1.31 bits per heavy atom. The predicted octanol–water partition coefficient (Wildman–Crippen LogP) is 8.67. The summed E-state index contributed by atoms with van der Waals surface area (Å²) in [5.41, 5.74) is -1.53. The first-order valence-electron chi connectivity index (χ1n) is 10.1. The average molecular weight is 549 g/mol. The normalized spacial score (nSPS) is 15.9. The quantitative estimate of drug-likeness (QED) is 0.150. The molecule has 2 aromatic rings. The maximum Gasteiger partial charge on any atom is 0.416 e. The summed E-state index contributed by atoms with van der Waals surface area (Å²) in [5, 5.41) is 0. The number of Topliss-reactive ketones (excluding diaryl/α,β-unsaturated/α-hetero) is 1. The molecule has 0 unspecified atom stereocenters. The molecule has 3 rings (SSSR count). The maximum absolute atomic E-state index is 13.3. The molecule has 1 heterocycles. The fraction of sp³-hybridized carbons (Fsp3) is 0.250. The highest BCUT2D eigenvalue weighted by atomic mass is 33.1. The van der Waals surface area contributed by atoms with Gasteiger partial charge in [-0.1, -0.05) is 48.9 Å². The molecular formula is C24H18F6O2S3. The van der Waals surface area contributed by atoms with Crippen LogP contribution in [0.5, 0.6) is 0 Å². The first-order chi connectivity index (χ1) is 16.3. The van der Waals surface area contributed by atoms with E-state index in [0.717, 1.165) is 59.3 Å². The molecule has 2 aromatic carbocycles.